The van der Waals surface area contributed by atoms with Crippen LogP contribution in [0.4, 0.5) is 10.1 Å². The molecule has 1 aliphatic heterocycles. The zero-order chi connectivity index (χ0) is 14.7. The summed E-state index contributed by atoms with van der Waals surface area (Å²) in [5.41, 5.74) is -0.262. The van der Waals surface area contributed by atoms with E-state index in [1.165, 1.54) is 6.07 Å². The van der Waals surface area contributed by atoms with Gasteiger partial charge in [-0.2, -0.15) is 0 Å². The number of carboxylic acid groups (broad SMARTS) is 1. The number of benzene rings is 1. The maximum absolute atomic E-state index is 13.5. The Labute approximate surface area is 114 Å². The van der Waals surface area contributed by atoms with Crippen LogP contribution in [0.3, 0.4) is 0 Å². The number of carbonyl (C=O) groups excluding carboxylic acids is 2. The first-order valence-electron chi connectivity index (χ1n) is 6.08. The van der Waals surface area contributed by atoms with Crippen molar-refractivity contribution in [2.45, 2.75) is 12.8 Å². The molecular weight excluding hydrogens is 267 g/mol. The van der Waals surface area contributed by atoms with Crippen LogP contribution in [-0.2, 0) is 9.59 Å². The lowest BCUT2D eigenvalue weighted by Gasteiger charge is -2.21. The molecule has 0 spiro atoms. The van der Waals surface area contributed by atoms with Crippen LogP contribution in [0.15, 0.2) is 18.2 Å². The molecule has 1 unspecified atom stereocenters. The monoisotopic (exact) mass is 280 g/mol. The Kier molecular flexibility index (Phi) is 3.97. The largest absolute Gasteiger partial charge is 0.478 e. The van der Waals surface area contributed by atoms with Crippen molar-refractivity contribution >= 4 is 23.5 Å². The Balaban J connectivity index is 2.03. The normalized spacial score (nSPS) is 18.2. The van der Waals surface area contributed by atoms with E-state index >= 15 is 0 Å². The van der Waals surface area contributed by atoms with Crippen LogP contribution in [0, 0.1) is 11.7 Å². The minimum atomic E-state index is -1.37. The van der Waals surface area contributed by atoms with Crippen LogP contribution < -0.4 is 10.6 Å². The molecule has 0 aliphatic carbocycles. The standard InChI is InChI=1S/C13H13FN2O4/c14-10-5-8(2-3-9(10)13(19)20)16-12(18)7-1-4-11(17)15-6-7/h2-3,5,7H,1,4,6H2,(H,15,17)(H,16,18)(H,19,20). The van der Waals surface area contributed by atoms with E-state index in [0.29, 0.717) is 6.42 Å². The molecule has 20 heavy (non-hydrogen) atoms. The molecule has 2 amide bonds. The Morgan fingerprint density at radius 3 is 2.70 bits per heavy atom. The SMILES string of the molecule is O=C1CCC(C(=O)Nc2ccc(C(=O)O)c(F)c2)CN1. The molecule has 6 nitrogen and oxygen atoms in total. The van der Waals surface area contributed by atoms with Gasteiger partial charge in [-0.05, 0) is 24.6 Å². The Morgan fingerprint density at radius 2 is 2.15 bits per heavy atom. The molecule has 7 heteroatoms. The summed E-state index contributed by atoms with van der Waals surface area (Å²) >= 11 is 0. The lowest BCUT2D eigenvalue weighted by molar-refractivity contribution is -0.126. The number of rotatable bonds is 3. The van der Waals surface area contributed by atoms with E-state index in [1.807, 2.05) is 0 Å². The summed E-state index contributed by atoms with van der Waals surface area (Å²) in [6, 6.07) is 3.38. The fourth-order valence-corrected chi connectivity index (χ4v) is 1.97. The van der Waals surface area contributed by atoms with Crippen LogP contribution in [0.5, 0.6) is 0 Å². The van der Waals surface area contributed by atoms with Crippen molar-refractivity contribution in [3.05, 3.63) is 29.6 Å². The number of hydrogen-bond acceptors (Lipinski definition) is 3. The van der Waals surface area contributed by atoms with Crippen molar-refractivity contribution in [2.24, 2.45) is 5.92 Å². The van der Waals surface area contributed by atoms with Gasteiger partial charge in [-0.25, -0.2) is 9.18 Å². The molecule has 0 saturated carbocycles. The maximum Gasteiger partial charge on any atom is 0.338 e. The maximum atomic E-state index is 13.5. The van der Waals surface area contributed by atoms with Crippen LogP contribution in [0.2, 0.25) is 0 Å². The topological polar surface area (TPSA) is 95.5 Å². The van der Waals surface area contributed by atoms with Crippen molar-refractivity contribution in [1.82, 2.24) is 5.32 Å². The number of anilines is 1. The third-order valence-electron chi connectivity index (χ3n) is 3.10. The van der Waals surface area contributed by atoms with Crippen molar-refractivity contribution in [3.63, 3.8) is 0 Å². The number of carbonyl (C=O) groups is 3. The Bertz CT molecular complexity index is 563. The first-order valence-corrected chi connectivity index (χ1v) is 6.08. The van der Waals surface area contributed by atoms with Crippen LogP contribution in [0.1, 0.15) is 23.2 Å². The molecule has 3 N–H and O–H groups in total. The number of amides is 2. The molecule has 106 valence electrons. The predicted molar refractivity (Wildman–Crippen MR) is 67.7 cm³/mol. The summed E-state index contributed by atoms with van der Waals surface area (Å²) in [5, 5.41) is 13.8. The molecule has 1 aromatic carbocycles. The van der Waals surface area contributed by atoms with E-state index in [9.17, 15) is 18.8 Å². The van der Waals surface area contributed by atoms with E-state index in [4.69, 9.17) is 5.11 Å². The third kappa shape index (κ3) is 3.11. The highest BCUT2D eigenvalue weighted by Gasteiger charge is 2.24. The summed E-state index contributed by atoms with van der Waals surface area (Å²) in [5.74, 6) is -3.06. The molecular formula is C13H13FN2O4. The minimum absolute atomic E-state index is 0.0918. The second-order valence-electron chi connectivity index (χ2n) is 4.53. The summed E-state index contributed by atoms with van der Waals surface area (Å²) in [4.78, 5) is 33.6. The number of carboxylic acids is 1. The van der Waals surface area contributed by atoms with E-state index in [-0.39, 0.29) is 36.4 Å². The summed E-state index contributed by atoms with van der Waals surface area (Å²) in [6.45, 7) is 0.250. The highest BCUT2D eigenvalue weighted by atomic mass is 19.1. The second kappa shape index (κ2) is 5.68. The van der Waals surface area contributed by atoms with Crippen LogP contribution in [0.25, 0.3) is 0 Å². The fraction of sp³-hybridized carbons (Fsp3) is 0.308. The molecule has 0 aromatic heterocycles. The van der Waals surface area contributed by atoms with Gasteiger partial charge in [0.05, 0.1) is 11.5 Å². The van der Waals surface area contributed by atoms with E-state index in [2.05, 4.69) is 10.6 Å². The summed E-state index contributed by atoms with van der Waals surface area (Å²) in [6.07, 6.45) is 0.720. The van der Waals surface area contributed by atoms with Gasteiger partial charge in [0.1, 0.15) is 5.82 Å². The number of nitrogens with one attached hydrogen (secondary N) is 2. The second-order valence-corrected chi connectivity index (χ2v) is 4.53. The molecule has 1 atom stereocenters. The van der Waals surface area contributed by atoms with Gasteiger partial charge < -0.3 is 15.7 Å². The lowest BCUT2D eigenvalue weighted by atomic mass is 9.98. The zero-order valence-corrected chi connectivity index (χ0v) is 10.5. The number of aromatic carboxylic acids is 1. The first-order chi connectivity index (χ1) is 9.47. The molecule has 1 aliphatic rings. The van der Waals surface area contributed by atoms with E-state index in [1.54, 1.807) is 0 Å². The number of hydrogen-bond donors (Lipinski definition) is 3. The average Bonchev–Trinajstić information content (AvgIpc) is 2.39. The van der Waals surface area contributed by atoms with E-state index in [0.717, 1.165) is 12.1 Å². The summed E-state index contributed by atoms with van der Waals surface area (Å²) in [7, 11) is 0. The Morgan fingerprint density at radius 1 is 1.40 bits per heavy atom. The van der Waals surface area contributed by atoms with Gasteiger partial charge in [0, 0.05) is 18.7 Å². The van der Waals surface area contributed by atoms with Crippen LogP contribution in [-0.4, -0.2) is 29.4 Å². The highest BCUT2D eigenvalue weighted by molar-refractivity contribution is 5.95. The zero-order valence-electron chi connectivity index (χ0n) is 10.5. The van der Waals surface area contributed by atoms with Gasteiger partial charge in [-0.1, -0.05) is 0 Å². The number of halogens is 1. The van der Waals surface area contributed by atoms with Gasteiger partial charge in [0.15, 0.2) is 0 Å². The smallest absolute Gasteiger partial charge is 0.338 e. The van der Waals surface area contributed by atoms with Gasteiger partial charge in [-0.3, -0.25) is 9.59 Å². The molecule has 1 fully saturated rings. The van der Waals surface area contributed by atoms with E-state index < -0.39 is 17.3 Å². The first kappa shape index (κ1) is 14.0. The van der Waals surface area contributed by atoms with Crippen molar-refractivity contribution in [1.29, 1.82) is 0 Å². The highest BCUT2D eigenvalue weighted by Crippen LogP contribution is 2.17. The molecule has 0 radical (unpaired) electrons. The molecule has 1 saturated heterocycles. The van der Waals surface area contributed by atoms with Gasteiger partial charge in [-0.15, -0.1) is 0 Å². The lowest BCUT2D eigenvalue weighted by Crippen LogP contribution is -2.40. The van der Waals surface area contributed by atoms with Crippen molar-refractivity contribution < 1.29 is 23.9 Å². The third-order valence-corrected chi connectivity index (χ3v) is 3.10. The Hall–Kier alpha value is -2.44. The number of piperidine rings is 1. The van der Waals surface area contributed by atoms with Crippen molar-refractivity contribution in [2.75, 3.05) is 11.9 Å². The van der Waals surface area contributed by atoms with Gasteiger partial charge >= 0.3 is 5.97 Å². The van der Waals surface area contributed by atoms with Crippen LogP contribution >= 0.6 is 0 Å². The quantitative estimate of drug-likeness (QED) is 0.769. The summed E-state index contributed by atoms with van der Waals surface area (Å²) < 4.78 is 13.5. The minimum Gasteiger partial charge on any atom is -0.478 e. The molecule has 2 rings (SSSR count). The van der Waals surface area contributed by atoms with Crippen molar-refractivity contribution in [3.8, 4) is 0 Å². The molecule has 1 heterocycles. The van der Waals surface area contributed by atoms with Gasteiger partial charge in [0.2, 0.25) is 11.8 Å². The fourth-order valence-electron chi connectivity index (χ4n) is 1.97. The predicted octanol–water partition coefficient (Wildman–Crippen LogP) is 0.989. The molecule has 1 aromatic rings. The van der Waals surface area contributed by atoms with Gasteiger partial charge in [0.25, 0.3) is 0 Å². The average molecular weight is 280 g/mol. The molecule has 0 bridgehead atoms.